The van der Waals surface area contributed by atoms with Crippen LogP contribution in [0.1, 0.15) is 0 Å². The third kappa shape index (κ3) is 5.25. The number of carbonyl (C=O) groups excluding carboxylic acids is 1. The standard InChI is InChI=1S/C22H20N6O4S2/c1-32-18-10-9-16(12-19(18)34(23,30)31)25-20(29)14-33-22-27-26-21(15-6-5-11-24-13-15)28(22)17-7-3-2-4-8-17/h2-13H,14H2,1H3,(H,25,29)(H2,23,30,31). The van der Waals surface area contributed by atoms with Crippen molar-refractivity contribution in [2.24, 2.45) is 5.14 Å². The van der Waals surface area contributed by atoms with E-state index in [-0.39, 0.29) is 28.0 Å². The zero-order valence-corrected chi connectivity index (χ0v) is 19.6. The molecule has 2 aromatic heterocycles. The van der Waals surface area contributed by atoms with Crippen molar-refractivity contribution in [3.63, 3.8) is 0 Å². The van der Waals surface area contributed by atoms with Crippen LogP contribution in [0.2, 0.25) is 0 Å². The number of hydrogen-bond acceptors (Lipinski definition) is 8. The quantitative estimate of drug-likeness (QED) is 0.355. The molecule has 0 fully saturated rings. The summed E-state index contributed by atoms with van der Waals surface area (Å²) in [6.07, 6.45) is 3.37. The van der Waals surface area contributed by atoms with Gasteiger partial charge in [-0.05, 0) is 42.5 Å². The Morgan fingerprint density at radius 3 is 2.59 bits per heavy atom. The number of nitrogens with one attached hydrogen (secondary N) is 1. The monoisotopic (exact) mass is 496 g/mol. The van der Waals surface area contributed by atoms with Gasteiger partial charge in [0, 0.05) is 29.3 Å². The molecule has 10 nitrogen and oxygen atoms in total. The molecule has 3 N–H and O–H groups in total. The van der Waals surface area contributed by atoms with E-state index in [1.165, 1.54) is 37.1 Å². The number of nitrogens with two attached hydrogens (primary N) is 1. The molecule has 174 valence electrons. The van der Waals surface area contributed by atoms with Gasteiger partial charge in [-0.3, -0.25) is 14.3 Å². The first-order chi connectivity index (χ1) is 16.4. The van der Waals surface area contributed by atoms with Crippen LogP contribution in [-0.4, -0.2) is 46.9 Å². The Kier molecular flexibility index (Phi) is 6.91. The van der Waals surface area contributed by atoms with Gasteiger partial charge in [-0.15, -0.1) is 10.2 Å². The molecule has 0 atom stereocenters. The van der Waals surface area contributed by atoms with Gasteiger partial charge < -0.3 is 10.1 Å². The number of aromatic nitrogens is 4. The van der Waals surface area contributed by atoms with Crippen LogP contribution in [0.3, 0.4) is 0 Å². The van der Waals surface area contributed by atoms with Gasteiger partial charge in [0.25, 0.3) is 0 Å². The first-order valence-corrected chi connectivity index (χ1v) is 12.4. The van der Waals surface area contributed by atoms with E-state index in [1.807, 2.05) is 47.0 Å². The van der Waals surface area contributed by atoms with E-state index in [1.54, 1.807) is 12.4 Å². The lowest BCUT2D eigenvalue weighted by atomic mass is 10.2. The van der Waals surface area contributed by atoms with Crippen molar-refractivity contribution in [3.05, 3.63) is 73.1 Å². The second-order valence-corrected chi connectivity index (χ2v) is 9.44. The van der Waals surface area contributed by atoms with Crippen LogP contribution in [0.4, 0.5) is 5.69 Å². The molecule has 4 rings (SSSR count). The summed E-state index contributed by atoms with van der Waals surface area (Å²) in [5.41, 5.74) is 1.89. The molecular formula is C22H20N6O4S2. The van der Waals surface area contributed by atoms with Crippen LogP contribution in [0.5, 0.6) is 5.75 Å². The van der Waals surface area contributed by atoms with Gasteiger partial charge >= 0.3 is 0 Å². The van der Waals surface area contributed by atoms with Gasteiger partial charge in [0.05, 0.1) is 12.9 Å². The van der Waals surface area contributed by atoms with Crippen molar-refractivity contribution in [2.45, 2.75) is 10.1 Å². The molecule has 34 heavy (non-hydrogen) atoms. The van der Waals surface area contributed by atoms with Gasteiger partial charge in [0.15, 0.2) is 11.0 Å². The van der Waals surface area contributed by atoms with E-state index in [9.17, 15) is 13.2 Å². The molecule has 0 aliphatic rings. The van der Waals surface area contributed by atoms with Gasteiger partial charge in [-0.1, -0.05) is 30.0 Å². The lowest BCUT2D eigenvalue weighted by Gasteiger charge is -2.11. The van der Waals surface area contributed by atoms with Crippen molar-refractivity contribution in [3.8, 4) is 22.8 Å². The van der Waals surface area contributed by atoms with E-state index in [2.05, 4.69) is 20.5 Å². The number of carbonyl (C=O) groups is 1. The van der Waals surface area contributed by atoms with Crippen molar-refractivity contribution in [1.29, 1.82) is 0 Å². The highest BCUT2D eigenvalue weighted by atomic mass is 32.2. The van der Waals surface area contributed by atoms with Crippen LogP contribution in [0, 0.1) is 0 Å². The Hall–Kier alpha value is -3.74. The molecule has 0 aliphatic carbocycles. The molecule has 2 heterocycles. The van der Waals surface area contributed by atoms with E-state index in [0.29, 0.717) is 11.0 Å². The predicted octanol–water partition coefficient (Wildman–Crippen LogP) is 2.72. The maximum Gasteiger partial charge on any atom is 0.241 e. The molecule has 1 amide bonds. The number of methoxy groups -OCH3 is 1. The number of pyridine rings is 1. The number of rotatable bonds is 8. The zero-order valence-electron chi connectivity index (χ0n) is 18.0. The summed E-state index contributed by atoms with van der Waals surface area (Å²) in [6.45, 7) is 0. The molecule has 12 heteroatoms. The lowest BCUT2D eigenvalue weighted by Crippen LogP contribution is -2.17. The highest BCUT2D eigenvalue weighted by molar-refractivity contribution is 7.99. The Morgan fingerprint density at radius 1 is 1.12 bits per heavy atom. The topological polar surface area (TPSA) is 142 Å². The van der Waals surface area contributed by atoms with E-state index in [0.717, 1.165) is 11.3 Å². The number of nitrogens with zero attached hydrogens (tertiary/aromatic N) is 4. The third-order valence-corrected chi connectivity index (χ3v) is 6.51. The van der Waals surface area contributed by atoms with Crippen LogP contribution >= 0.6 is 11.8 Å². The highest BCUT2D eigenvalue weighted by Gasteiger charge is 2.19. The average molecular weight is 497 g/mol. The second-order valence-electron chi connectivity index (χ2n) is 6.97. The number of hydrogen-bond donors (Lipinski definition) is 2. The number of primary sulfonamides is 1. The van der Waals surface area contributed by atoms with Crippen molar-refractivity contribution >= 4 is 33.4 Å². The largest absolute Gasteiger partial charge is 0.495 e. The molecule has 0 saturated carbocycles. The minimum absolute atomic E-state index is 0.00867. The first-order valence-electron chi connectivity index (χ1n) is 9.91. The fourth-order valence-electron chi connectivity index (χ4n) is 3.16. The third-order valence-electron chi connectivity index (χ3n) is 4.65. The molecule has 0 saturated heterocycles. The summed E-state index contributed by atoms with van der Waals surface area (Å²) in [7, 11) is -2.69. The smallest absolute Gasteiger partial charge is 0.241 e. The number of benzene rings is 2. The Balaban J connectivity index is 1.55. The molecule has 0 radical (unpaired) electrons. The van der Waals surface area contributed by atoms with Crippen LogP contribution in [-0.2, 0) is 14.8 Å². The summed E-state index contributed by atoms with van der Waals surface area (Å²) in [5, 5.41) is 17.0. The van der Waals surface area contributed by atoms with Crippen LogP contribution in [0.25, 0.3) is 17.1 Å². The van der Waals surface area contributed by atoms with Crippen LogP contribution < -0.4 is 15.2 Å². The molecule has 4 aromatic rings. The molecule has 2 aromatic carbocycles. The first kappa shape index (κ1) is 23.4. The number of sulfonamides is 1. The predicted molar refractivity (Wildman–Crippen MR) is 128 cm³/mol. The SMILES string of the molecule is COc1ccc(NC(=O)CSc2nnc(-c3cccnc3)n2-c2ccccc2)cc1S(N)(=O)=O. The van der Waals surface area contributed by atoms with E-state index < -0.39 is 10.0 Å². The second kappa shape index (κ2) is 10.0. The van der Waals surface area contributed by atoms with Gasteiger partial charge in [0.1, 0.15) is 10.6 Å². The molecular weight excluding hydrogens is 476 g/mol. The highest BCUT2D eigenvalue weighted by Crippen LogP contribution is 2.29. The fraction of sp³-hybridized carbons (Fsp3) is 0.0909. The zero-order chi connectivity index (χ0) is 24.1. The Bertz CT molecular complexity index is 1410. The number of ether oxygens (including phenoxy) is 1. The van der Waals surface area contributed by atoms with Crippen LogP contribution in [0.15, 0.2) is 83.1 Å². The van der Waals surface area contributed by atoms with Gasteiger partial charge in [-0.2, -0.15) is 0 Å². The normalized spacial score (nSPS) is 11.2. The van der Waals surface area contributed by atoms with Crippen molar-refractivity contribution in [2.75, 3.05) is 18.2 Å². The molecule has 0 unspecified atom stereocenters. The summed E-state index contributed by atoms with van der Waals surface area (Å²) in [4.78, 5) is 16.5. The summed E-state index contributed by atoms with van der Waals surface area (Å²) < 4.78 is 30.5. The van der Waals surface area contributed by atoms with Crippen molar-refractivity contribution < 1.29 is 17.9 Å². The van der Waals surface area contributed by atoms with E-state index >= 15 is 0 Å². The number of amides is 1. The Labute approximate surface area is 200 Å². The fourth-order valence-corrected chi connectivity index (χ4v) is 4.63. The van der Waals surface area contributed by atoms with Gasteiger partial charge in [-0.25, -0.2) is 13.6 Å². The lowest BCUT2D eigenvalue weighted by molar-refractivity contribution is -0.113. The van der Waals surface area contributed by atoms with Gasteiger partial charge in [0.2, 0.25) is 15.9 Å². The number of anilines is 1. The molecule has 0 bridgehead atoms. The maximum absolute atomic E-state index is 12.6. The minimum Gasteiger partial charge on any atom is -0.495 e. The number of thioether (sulfide) groups is 1. The minimum atomic E-state index is -4.03. The summed E-state index contributed by atoms with van der Waals surface area (Å²) in [5.74, 6) is 0.333. The number of para-hydroxylation sites is 1. The molecule has 0 spiro atoms. The van der Waals surface area contributed by atoms with Crippen molar-refractivity contribution in [1.82, 2.24) is 19.7 Å². The average Bonchev–Trinajstić information content (AvgIpc) is 3.27. The van der Waals surface area contributed by atoms with E-state index in [4.69, 9.17) is 9.88 Å². The summed E-state index contributed by atoms with van der Waals surface area (Å²) >= 11 is 1.19. The maximum atomic E-state index is 12.6. The molecule has 0 aliphatic heterocycles. The summed E-state index contributed by atoms with van der Waals surface area (Å²) in [6, 6.07) is 17.4. The Morgan fingerprint density at radius 2 is 1.91 bits per heavy atom.